The average molecular weight is 454 g/mol. The van der Waals surface area contributed by atoms with Crippen LogP contribution in [0.25, 0.3) is 0 Å². The van der Waals surface area contributed by atoms with Crippen molar-refractivity contribution >= 4 is 6.09 Å². The molecular weight excluding hydrogens is 425 g/mol. The fraction of sp³-hybridized carbons (Fsp3) is 0.440. The second-order valence-electron chi connectivity index (χ2n) is 8.48. The normalized spacial score (nSPS) is 24.5. The van der Waals surface area contributed by atoms with Crippen LogP contribution in [0.4, 0.5) is 9.18 Å². The van der Waals surface area contributed by atoms with Crippen molar-refractivity contribution in [3.05, 3.63) is 59.4 Å². The SMILES string of the molecule is COc1cc(C2CC(NC(=O)OC3CCCNC3)C(Oc3ccc(C#N)cc3)C2)ccc1F. The molecule has 0 radical (unpaired) electrons. The van der Waals surface area contributed by atoms with Crippen molar-refractivity contribution in [3.8, 4) is 17.6 Å². The highest BCUT2D eigenvalue weighted by Gasteiger charge is 2.38. The molecule has 1 aliphatic heterocycles. The van der Waals surface area contributed by atoms with Crippen LogP contribution in [0.2, 0.25) is 0 Å². The number of alkyl carbamates (subject to hydrolysis) is 1. The monoisotopic (exact) mass is 453 g/mol. The van der Waals surface area contributed by atoms with Crippen LogP contribution in [-0.4, -0.2) is 44.5 Å². The van der Waals surface area contributed by atoms with Crippen molar-refractivity contribution in [1.82, 2.24) is 10.6 Å². The minimum absolute atomic E-state index is 0.0459. The molecule has 0 aromatic heterocycles. The number of benzene rings is 2. The smallest absolute Gasteiger partial charge is 0.407 e. The van der Waals surface area contributed by atoms with E-state index in [1.165, 1.54) is 13.2 Å². The molecule has 4 rings (SSSR count). The first-order valence-corrected chi connectivity index (χ1v) is 11.2. The van der Waals surface area contributed by atoms with Gasteiger partial charge in [-0.05, 0) is 80.1 Å². The highest BCUT2D eigenvalue weighted by Crippen LogP contribution is 2.38. The number of hydrogen-bond donors (Lipinski definition) is 2. The van der Waals surface area contributed by atoms with Gasteiger partial charge in [0.1, 0.15) is 18.0 Å². The van der Waals surface area contributed by atoms with Crippen molar-refractivity contribution in [3.63, 3.8) is 0 Å². The molecule has 1 saturated carbocycles. The quantitative estimate of drug-likeness (QED) is 0.690. The number of carbonyl (C=O) groups excluding carboxylic acids is 1. The molecule has 1 saturated heterocycles. The molecule has 4 unspecified atom stereocenters. The lowest BCUT2D eigenvalue weighted by Crippen LogP contribution is -2.45. The van der Waals surface area contributed by atoms with Gasteiger partial charge in [-0.2, -0.15) is 5.26 Å². The van der Waals surface area contributed by atoms with Crippen molar-refractivity contribution in [2.75, 3.05) is 20.2 Å². The van der Waals surface area contributed by atoms with E-state index >= 15 is 0 Å². The molecule has 2 aromatic carbocycles. The molecule has 1 heterocycles. The topological polar surface area (TPSA) is 92.6 Å². The van der Waals surface area contributed by atoms with Gasteiger partial charge in [0.25, 0.3) is 0 Å². The number of nitriles is 1. The van der Waals surface area contributed by atoms with Gasteiger partial charge in [-0.15, -0.1) is 0 Å². The number of rotatable bonds is 6. The van der Waals surface area contributed by atoms with E-state index in [1.807, 2.05) is 0 Å². The molecule has 4 atom stereocenters. The van der Waals surface area contributed by atoms with Crippen molar-refractivity contribution in [2.45, 2.75) is 49.9 Å². The molecule has 7 nitrogen and oxygen atoms in total. The van der Waals surface area contributed by atoms with E-state index < -0.39 is 11.9 Å². The maximum Gasteiger partial charge on any atom is 0.407 e. The van der Waals surface area contributed by atoms with E-state index in [0.29, 0.717) is 30.7 Å². The number of methoxy groups -OCH3 is 1. The second-order valence-corrected chi connectivity index (χ2v) is 8.48. The lowest BCUT2D eigenvalue weighted by Gasteiger charge is -2.26. The number of nitrogens with one attached hydrogen (secondary N) is 2. The van der Waals surface area contributed by atoms with Crippen molar-refractivity contribution in [1.29, 1.82) is 5.26 Å². The van der Waals surface area contributed by atoms with Gasteiger partial charge in [0.2, 0.25) is 0 Å². The lowest BCUT2D eigenvalue weighted by atomic mass is 9.97. The molecule has 33 heavy (non-hydrogen) atoms. The Morgan fingerprint density at radius 3 is 2.73 bits per heavy atom. The Balaban J connectivity index is 1.48. The van der Waals surface area contributed by atoms with Crippen molar-refractivity contribution in [2.24, 2.45) is 0 Å². The summed E-state index contributed by atoms with van der Waals surface area (Å²) in [6.07, 6.45) is 2.15. The van der Waals surface area contributed by atoms with E-state index in [0.717, 1.165) is 24.9 Å². The summed E-state index contributed by atoms with van der Waals surface area (Å²) in [5.74, 6) is 0.444. The summed E-state index contributed by atoms with van der Waals surface area (Å²) in [6.45, 7) is 1.59. The molecule has 1 amide bonds. The van der Waals surface area contributed by atoms with Crippen LogP contribution < -0.4 is 20.1 Å². The maximum absolute atomic E-state index is 13.9. The van der Waals surface area contributed by atoms with Gasteiger partial charge in [0.05, 0.1) is 24.8 Å². The molecule has 1 aliphatic carbocycles. The molecule has 2 fully saturated rings. The Morgan fingerprint density at radius 1 is 1.21 bits per heavy atom. The fourth-order valence-corrected chi connectivity index (χ4v) is 4.52. The number of nitrogens with zero attached hydrogens (tertiary/aromatic N) is 1. The van der Waals surface area contributed by atoms with Crippen LogP contribution in [0.5, 0.6) is 11.5 Å². The summed E-state index contributed by atoms with van der Waals surface area (Å²) < 4.78 is 30.9. The minimum atomic E-state index is -0.459. The third kappa shape index (κ3) is 5.74. The minimum Gasteiger partial charge on any atom is -0.494 e. The predicted molar refractivity (Wildman–Crippen MR) is 120 cm³/mol. The van der Waals surface area contributed by atoms with Crippen LogP contribution >= 0.6 is 0 Å². The Labute approximate surface area is 192 Å². The first-order valence-electron chi connectivity index (χ1n) is 11.2. The Morgan fingerprint density at radius 2 is 2.03 bits per heavy atom. The molecule has 2 aromatic rings. The predicted octanol–water partition coefficient (Wildman–Crippen LogP) is 3.88. The van der Waals surface area contributed by atoms with Gasteiger partial charge >= 0.3 is 6.09 Å². The largest absolute Gasteiger partial charge is 0.494 e. The molecule has 0 spiro atoms. The summed E-state index contributed by atoms with van der Waals surface area (Å²) in [5.41, 5.74) is 1.47. The van der Waals surface area contributed by atoms with E-state index in [2.05, 4.69) is 16.7 Å². The number of halogens is 1. The number of piperidine rings is 1. The first-order chi connectivity index (χ1) is 16.1. The summed E-state index contributed by atoms with van der Waals surface area (Å²) in [4.78, 5) is 12.6. The standard InChI is InChI=1S/C25H28FN3O4/c1-31-23-12-17(6-9-21(23)26)18-11-22(29-25(30)33-20-3-2-10-28-15-20)24(13-18)32-19-7-4-16(14-27)5-8-19/h4-9,12,18,20,22,24,28H,2-3,10-11,13,15H2,1H3,(H,29,30). The Bertz CT molecular complexity index is 1000. The van der Waals surface area contributed by atoms with Crippen LogP contribution in [-0.2, 0) is 4.74 Å². The zero-order valence-electron chi connectivity index (χ0n) is 18.6. The van der Waals surface area contributed by atoms with Gasteiger partial charge in [0.15, 0.2) is 11.6 Å². The van der Waals surface area contributed by atoms with Crippen LogP contribution in [0, 0.1) is 17.1 Å². The summed E-state index contributed by atoms with van der Waals surface area (Å²) in [7, 11) is 1.44. The average Bonchev–Trinajstić information content (AvgIpc) is 3.22. The molecule has 0 bridgehead atoms. The molecule has 2 N–H and O–H groups in total. The van der Waals surface area contributed by atoms with Gasteiger partial charge in [0, 0.05) is 6.54 Å². The van der Waals surface area contributed by atoms with Crippen LogP contribution in [0.1, 0.15) is 42.7 Å². The summed E-state index contributed by atoms with van der Waals surface area (Å²) >= 11 is 0. The fourth-order valence-electron chi connectivity index (χ4n) is 4.52. The van der Waals surface area contributed by atoms with Crippen molar-refractivity contribution < 1.29 is 23.4 Å². The van der Waals surface area contributed by atoms with Gasteiger partial charge < -0.3 is 24.8 Å². The van der Waals surface area contributed by atoms with Crippen LogP contribution in [0.15, 0.2) is 42.5 Å². The summed E-state index contributed by atoms with van der Waals surface area (Å²) in [5, 5.41) is 15.2. The van der Waals surface area contributed by atoms with E-state index in [-0.39, 0.29) is 29.9 Å². The van der Waals surface area contributed by atoms with Gasteiger partial charge in [-0.25, -0.2) is 9.18 Å². The van der Waals surface area contributed by atoms with E-state index in [1.54, 1.807) is 36.4 Å². The third-order valence-corrected chi connectivity index (χ3v) is 6.25. The highest BCUT2D eigenvalue weighted by atomic mass is 19.1. The molecule has 8 heteroatoms. The van der Waals surface area contributed by atoms with E-state index in [9.17, 15) is 9.18 Å². The van der Waals surface area contributed by atoms with E-state index in [4.69, 9.17) is 19.5 Å². The zero-order chi connectivity index (χ0) is 23.2. The third-order valence-electron chi connectivity index (χ3n) is 6.25. The van der Waals surface area contributed by atoms with Gasteiger partial charge in [-0.3, -0.25) is 0 Å². The number of amides is 1. The molecule has 174 valence electrons. The summed E-state index contributed by atoms with van der Waals surface area (Å²) in [6, 6.07) is 13.5. The number of ether oxygens (including phenoxy) is 3. The zero-order valence-corrected chi connectivity index (χ0v) is 18.6. The Hall–Kier alpha value is -3.31. The molecular formula is C25H28FN3O4. The van der Waals surface area contributed by atoms with Crippen LogP contribution in [0.3, 0.4) is 0 Å². The first kappa shape index (κ1) is 22.9. The lowest BCUT2D eigenvalue weighted by molar-refractivity contribution is 0.0741. The Kier molecular flexibility index (Phi) is 7.30. The second kappa shape index (κ2) is 10.5. The number of carbonyl (C=O) groups is 1. The number of hydrogen-bond acceptors (Lipinski definition) is 6. The molecule has 2 aliphatic rings. The van der Waals surface area contributed by atoms with Gasteiger partial charge in [-0.1, -0.05) is 6.07 Å². The maximum atomic E-state index is 13.9. The highest BCUT2D eigenvalue weighted by molar-refractivity contribution is 5.68.